The molecule has 5 N–H and O–H groups in total. The molecular formula is C10H21NO5. The number of hydrogen-bond donors (Lipinski definition) is 4. The van der Waals surface area contributed by atoms with Gasteiger partial charge in [0.15, 0.2) is 6.29 Å². The largest absolute Gasteiger partial charge is 0.394 e. The Bertz CT molecular complexity index is 228. The maximum absolute atomic E-state index is 9.67. The third-order valence-electron chi connectivity index (χ3n) is 2.40. The van der Waals surface area contributed by atoms with Crippen molar-refractivity contribution >= 4 is 0 Å². The van der Waals surface area contributed by atoms with Crippen LogP contribution in [0.25, 0.3) is 0 Å². The van der Waals surface area contributed by atoms with E-state index in [1.54, 1.807) is 0 Å². The fourth-order valence-corrected chi connectivity index (χ4v) is 1.56. The lowest BCUT2D eigenvalue weighted by Gasteiger charge is -2.42. The van der Waals surface area contributed by atoms with Crippen molar-refractivity contribution in [2.75, 3.05) is 6.61 Å². The molecule has 96 valence electrons. The van der Waals surface area contributed by atoms with Crippen LogP contribution >= 0.6 is 0 Å². The summed E-state index contributed by atoms with van der Waals surface area (Å²) in [5, 5.41) is 28.2. The topological polar surface area (TPSA) is 105 Å². The van der Waals surface area contributed by atoms with Gasteiger partial charge in [0, 0.05) is 0 Å². The van der Waals surface area contributed by atoms with Crippen LogP contribution in [0.1, 0.15) is 20.8 Å². The molecule has 1 aliphatic heterocycles. The van der Waals surface area contributed by atoms with E-state index in [9.17, 15) is 10.2 Å². The molecule has 0 spiro atoms. The van der Waals surface area contributed by atoms with Gasteiger partial charge in [-0.15, -0.1) is 0 Å². The van der Waals surface area contributed by atoms with Gasteiger partial charge in [-0.3, -0.25) is 0 Å². The third kappa shape index (κ3) is 3.13. The molecule has 0 aromatic rings. The van der Waals surface area contributed by atoms with Crippen molar-refractivity contribution in [3.8, 4) is 0 Å². The van der Waals surface area contributed by atoms with Crippen molar-refractivity contribution in [1.82, 2.24) is 0 Å². The Morgan fingerprint density at radius 2 is 1.81 bits per heavy atom. The molecule has 0 aliphatic carbocycles. The van der Waals surface area contributed by atoms with Crippen LogP contribution in [0.15, 0.2) is 0 Å². The smallest absolute Gasteiger partial charge is 0.176 e. The molecule has 6 nitrogen and oxygen atoms in total. The second kappa shape index (κ2) is 4.95. The van der Waals surface area contributed by atoms with Crippen LogP contribution in [0.3, 0.4) is 0 Å². The number of aliphatic hydroxyl groups excluding tert-OH is 3. The summed E-state index contributed by atoms with van der Waals surface area (Å²) in [6.45, 7) is 5.09. The highest BCUT2D eigenvalue weighted by atomic mass is 16.7. The van der Waals surface area contributed by atoms with E-state index in [4.69, 9.17) is 20.3 Å². The molecule has 16 heavy (non-hydrogen) atoms. The molecule has 0 bridgehead atoms. The fraction of sp³-hybridized carbons (Fsp3) is 1.00. The van der Waals surface area contributed by atoms with E-state index in [-0.39, 0.29) is 0 Å². The van der Waals surface area contributed by atoms with Crippen molar-refractivity contribution < 1.29 is 24.8 Å². The van der Waals surface area contributed by atoms with Gasteiger partial charge in [-0.2, -0.15) is 0 Å². The van der Waals surface area contributed by atoms with Crippen LogP contribution in [0.5, 0.6) is 0 Å². The maximum atomic E-state index is 9.67. The predicted octanol–water partition coefficient (Wildman–Crippen LogP) is -1.43. The van der Waals surface area contributed by atoms with Gasteiger partial charge in [0.1, 0.15) is 18.3 Å². The summed E-state index contributed by atoms with van der Waals surface area (Å²) >= 11 is 0. The summed E-state index contributed by atoms with van der Waals surface area (Å²) in [6, 6.07) is -0.836. The molecule has 1 fully saturated rings. The number of aliphatic hydroxyl groups is 3. The van der Waals surface area contributed by atoms with E-state index in [0.29, 0.717) is 0 Å². The fourth-order valence-electron chi connectivity index (χ4n) is 1.56. The van der Waals surface area contributed by atoms with Gasteiger partial charge in [-0.1, -0.05) is 0 Å². The SMILES string of the molecule is CC(C)(C)O[C@@H]1OC(CO)[C@@H](O)[C@H](O)C1N. The van der Waals surface area contributed by atoms with Gasteiger partial charge >= 0.3 is 0 Å². The minimum absolute atomic E-state index is 0.394. The average molecular weight is 235 g/mol. The Morgan fingerprint density at radius 3 is 2.25 bits per heavy atom. The van der Waals surface area contributed by atoms with Gasteiger partial charge in [0.05, 0.1) is 18.2 Å². The van der Waals surface area contributed by atoms with Crippen LogP contribution in [0.2, 0.25) is 0 Å². The number of hydrogen-bond acceptors (Lipinski definition) is 6. The van der Waals surface area contributed by atoms with E-state index >= 15 is 0 Å². The van der Waals surface area contributed by atoms with Crippen molar-refractivity contribution in [2.45, 2.75) is 57.0 Å². The molecule has 6 heteroatoms. The summed E-state index contributed by atoms with van der Waals surface area (Å²) < 4.78 is 10.8. The van der Waals surface area contributed by atoms with Crippen molar-refractivity contribution in [3.63, 3.8) is 0 Å². The quantitative estimate of drug-likeness (QED) is 0.467. The lowest BCUT2D eigenvalue weighted by molar-refractivity contribution is -0.289. The average Bonchev–Trinajstić information content (AvgIpc) is 2.17. The molecule has 1 saturated heterocycles. The zero-order chi connectivity index (χ0) is 12.5. The van der Waals surface area contributed by atoms with Crippen LogP contribution in [-0.2, 0) is 9.47 Å². The summed E-state index contributed by atoms with van der Waals surface area (Å²) in [6.07, 6.45) is -4.07. The van der Waals surface area contributed by atoms with Crippen molar-refractivity contribution in [2.24, 2.45) is 5.73 Å². The Labute approximate surface area is 95.0 Å². The molecule has 0 aromatic carbocycles. The normalized spacial score (nSPS) is 41.1. The Morgan fingerprint density at radius 1 is 1.25 bits per heavy atom. The first kappa shape index (κ1) is 13.8. The van der Waals surface area contributed by atoms with Gasteiger partial charge < -0.3 is 30.5 Å². The molecule has 1 rings (SSSR count). The zero-order valence-corrected chi connectivity index (χ0v) is 9.83. The van der Waals surface area contributed by atoms with Gasteiger partial charge in [0.25, 0.3) is 0 Å². The first-order valence-electron chi connectivity index (χ1n) is 5.32. The zero-order valence-electron chi connectivity index (χ0n) is 9.83. The standard InChI is InChI=1S/C10H21NO5/c1-10(2,3)16-9-6(11)8(14)7(13)5(4-12)15-9/h5-9,12-14H,4,11H2,1-3H3/t5?,6?,7-,8-,9+/m1/s1. The second-order valence-corrected chi connectivity index (χ2v) is 5.01. The monoisotopic (exact) mass is 235 g/mol. The van der Waals surface area contributed by atoms with Crippen LogP contribution in [-0.4, -0.2) is 58.2 Å². The van der Waals surface area contributed by atoms with E-state index in [1.165, 1.54) is 0 Å². The molecule has 0 radical (unpaired) electrons. The summed E-state index contributed by atoms with van der Waals surface area (Å²) in [4.78, 5) is 0. The molecule has 1 heterocycles. The first-order valence-corrected chi connectivity index (χ1v) is 5.32. The van der Waals surface area contributed by atoms with Crippen molar-refractivity contribution in [3.05, 3.63) is 0 Å². The van der Waals surface area contributed by atoms with Crippen LogP contribution < -0.4 is 5.73 Å². The summed E-state index contributed by atoms with van der Waals surface area (Å²) in [7, 11) is 0. The lowest BCUT2D eigenvalue weighted by atomic mass is 9.97. The van der Waals surface area contributed by atoms with E-state index in [2.05, 4.69) is 0 Å². The third-order valence-corrected chi connectivity index (χ3v) is 2.40. The minimum Gasteiger partial charge on any atom is -0.394 e. The highest BCUT2D eigenvalue weighted by molar-refractivity contribution is 4.92. The summed E-state index contributed by atoms with van der Waals surface area (Å²) in [5.41, 5.74) is 5.21. The van der Waals surface area contributed by atoms with E-state index in [1.807, 2.05) is 20.8 Å². The van der Waals surface area contributed by atoms with Gasteiger partial charge in [-0.25, -0.2) is 0 Å². The highest BCUT2D eigenvalue weighted by Crippen LogP contribution is 2.24. The predicted molar refractivity (Wildman–Crippen MR) is 56.6 cm³/mol. The van der Waals surface area contributed by atoms with E-state index in [0.717, 1.165) is 0 Å². The van der Waals surface area contributed by atoms with E-state index < -0.39 is 42.9 Å². The lowest BCUT2D eigenvalue weighted by Crippen LogP contribution is -2.63. The number of rotatable bonds is 2. The second-order valence-electron chi connectivity index (χ2n) is 5.01. The maximum Gasteiger partial charge on any atom is 0.176 e. The number of nitrogens with two attached hydrogens (primary N) is 1. The number of ether oxygens (including phenoxy) is 2. The first-order chi connectivity index (χ1) is 7.26. The summed E-state index contributed by atoms with van der Waals surface area (Å²) in [5.74, 6) is 0. The molecule has 0 amide bonds. The minimum atomic E-state index is -1.19. The molecule has 2 unspecified atom stereocenters. The highest BCUT2D eigenvalue weighted by Gasteiger charge is 2.44. The molecular weight excluding hydrogens is 214 g/mol. The van der Waals surface area contributed by atoms with Crippen LogP contribution in [0.4, 0.5) is 0 Å². The Kier molecular flexibility index (Phi) is 4.28. The van der Waals surface area contributed by atoms with Crippen molar-refractivity contribution in [1.29, 1.82) is 0 Å². The Hall–Kier alpha value is -0.240. The molecule has 0 aromatic heterocycles. The van der Waals surface area contributed by atoms with Gasteiger partial charge in [0.2, 0.25) is 0 Å². The Balaban J connectivity index is 2.71. The van der Waals surface area contributed by atoms with Gasteiger partial charge in [-0.05, 0) is 20.8 Å². The van der Waals surface area contributed by atoms with Crippen LogP contribution in [0, 0.1) is 0 Å². The molecule has 1 aliphatic rings. The molecule has 0 saturated carbocycles. The molecule has 5 atom stereocenters.